The number of piperazine rings is 1. The molecule has 1 amide bonds. The van der Waals surface area contributed by atoms with Gasteiger partial charge in [0.05, 0.1) is 39.8 Å². The third-order valence-corrected chi connectivity index (χ3v) is 6.15. The molecule has 3 rings (SSSR count). The van der Waals surface area contributed by atoms with Crippen LogP contribution in [0.25, 0.3) is 0 Å². The molecule has 0 bridgehead atoms. The highest BCUT2D eigenvalue weighted by Crippen LogP contribution is 2.36. The van der Waals surface area contributed by atoms with Crippen molar-refractivity contribution in [2.75, 3.05) is 23.0 Å². The smallest absolute Gasteiger partial charge is 0.241 e. The zero-order valence-corrected chi connectivity index (χ0v) is 12.7. The summed E-state index contributed by atoms with van der Waals surface area (Å²) in [5, 5.41) is 3.59. The maximum absolute atomic E-state index is 12.2. The quantitative estimate of drug-likeness (QED) is 0.835. The van der Waals surface area contributed by atoms with E-state index in [0.29, 0.717) is 10.7 Å². The molecular weight excluding hydrogens is 323 g/mol. The van der Waals surface area contributed by atoms with E-state index in [1.165, 1.54) is 4.90 Å². The van der Waals surface area contributed by atoms with E-state index in [1.807, 2.05) is 0 Å². The number of nitrogens with zero attached hydrogens (tertiary/aromatic N) is 1. The highest BCUT2D eigenvalue weighted by molar-refractivity contribution is 7.91. The summed E-state index contributed by atoms with van der Waals surface area (Å²) in [6.45, 7) is 0.0968. The number of fused-ring (bicyclic) bond motifs is 1. The number of hydrogen-bond acceptors (Lipinski definition) is 4. The molecule has 1 aromatic rings. The molecule has 2 aliphatic heterocycles. The van der Waals surface area contributed by atoms with Crippen LogP contribution in [0.15, 0.2) is 18.2 Å². The van der Waals surface area contributed by atoms with Gasteiger partial charge in [0, 0.05) is 6.04 Å². The third kappa shape index (κ3) is 2.30. The Bertz CT molecular complexity index is 677. The number of halogens is 2. The SMILES string of the molecule is O=C1CNC2CS(=O)(=O)CC2N1c1cccc(Cl)c1Cl. The molecule has 2 unspecified atom stereocenters. The van der Waals surface area contributed by atoms with Crippen LogP contribution in [0.1, 0.15) is 0 Å². The number of amides is 1. The molecule has 0 aliphatic carbocycles. The molecule has 2 aliphatic rings. The zero-order valence-electron chi connectivity index (χ0n) is 10.3. The van der Waals surface area contributed by atoms with Crippen molar-refractivity contribution in [1.29, 1.82) is 0 Å². The minimum atomic E-state index is -3.15. The molecule has 2 fully saturated rings. The Labute approximate surface area is 126 Å². The number of benzene rings is 1. The van der Waals surface area contributed by atoms with E-state index in [0.717, 1.165) is 0 Å². The average molecular weight is 335 g/mol. The number of sulfone groups is 1. The zero-order chi connectivity index (χ0) is 14.5. The van der Waals surface area contributed by atoms with Crippen molar-refractivity contribution in [3.8, 4) is 0 Å². The third-order valence-electron chi connectivity index (χ3n) is 3.63. The molecule has 2 atom stereocenters. The lowest BCUT2D eigenvalue weighted by atomic mass is 10.1. The number of nitrogens with one attached hydrogen (secondary N) is 1. The van der Waals surface area contributed by atoms with Crippen LogP contribution in [0.2, 0.25) is 10.0 Å². The first-order valence-electron chi connectivity index (χ1n) is 6.09. The topological polar surface area (TPSA) is 66.5 Å². The van der Waals surface area contributed by atoms with Crippen LogP contribution in [0.3, 0.4) is 0 Å². The number of anilines is 1. The van der Waals surface area contributed by atoms with Crippen molar-refractivity contribution in [3.63, 3.8) is 0 Å². The molecule has 0 spiro atoms. The van der Waals surface area contributed by atoms with E-state index in [1.54, 1.807) is 18.2 Å². The Morgan fingerprint density at radius 3 is 2.75 bits per heavy atom. The molecule has 0 radical (unpaired) electrons. The van der Waals surface area contributed by atoms with Gasteiger partial charge in [-0.1, -0.05) is 29.3 Å². The number of carbonyl (C=O) groups is 1. The average Bonchev–Trinajstić information content (AvgIpc) is 2.68. The van der Waals surface area contributed by atoms with Gasteiger partial charge in [-0.2, -0.15) is 0 Å². The van der Waals surface area contributed by atoms with Gasteiger partial charge in [0.15, 0.2) is 9.84 Å². The Kier molecular flexibility index (Phi) is 3.44. The second-order valence-corrected chi connectivity index (χ2v) is 7.91. The van der Waals surface area contributed by atoms with Gasteiger partial charge in [-0.3, -0.25) is 4.79 Å². The lowest BCUT2D eigenvalue weighted by Gasteiger charge is -2.37. The molecule has 5 nitrogen and oxygen atoms in total. The van der Waals surface area contributed by atoms with Crippen molar-refractivity contribution >= 4 is 44.6 Å². The van der Waals surface area contributed by atoms with Gasteiger partial charge in [-0.05, 0) is 12.1 Å². The van der Waals surface area contributed by atoms with E-state index < -0.39 is 15.9 Å². The van der Waals surface area contributed by atoms with Crippen molar-refractivity contribution in [3.05, 3.63) is 28.2 Å². The van der Waals surface area contributed by atoms with Gasteiger partial charge < -0.3 is 10.2 Å². The molecule has 20 heavy (non-hydrogen) atoms. The normalized spacial score (nSPS) is 28.5. The van der Waals surface area contributed by atoms with Gasteiger partial charge in [-0.25, -0.2) is 8.42 Å². The highest BCUT2D eigenvalue weighted by Gasteiger charge is 2.46. The van der Waals surface area contributed by atoms with Gasteiger partial charge in [0.2, 0.25) is 5.91 Å². The van der Waals surface area contributed by atoms with E-state index in [4.69, 9.17) is 23.2 Å². The predicted octanol–water partition coefficient (Wildman–Crippen LogP) is 1.10. The lowest BCUT2D eigenvalue weighted by Crippen LogP contribution is -2.60. The summed E-state index contributed by atoms with van der Waals surface area (Å²) in [4.78, 5) is 13.7. The van der Waals surface area contributed by atoms with E-state index in [-0.39, 0.29) is 35.0 Å². The summed E-state index contributed by atoms with van der Waals surface area (Å²) < 4.78 is 23.6. The molecular formula is C12H12Cl2N2O3S. The largest absolute Gasteiger partial charge is 0.304 e. The number of hydrogen-bond donors (Lipinski definition) is 1. The maximum atomic E-state index is 12.2. The number of rotatable bonds is 1. The van der Waals surface area contributed by atoms with Gasteiger partial charge in [0.1, 0.15) is 0 Å². The fourth-order valence-corrected chi connectivity index (χ4v) is 5.07. The Hall–Kier alpha value is -0.820. The first-order chi connectivity index (χ1) is 9.39. The first kappa shape index (κ1) is 14.1. The maximum Gasteiger partial charge on any atom is 0.241 e. The van der Waals surface area contributed by atoms with Crippen LogP contribution < -0.4 is 10.2 Å². The standard InChI is InChI=1S/C12H12Cl2N2O3S/c13-7-2-1-3-9(12(7)14)16-10-6-20(18,19)5-8(10)15-4-11(16)17/h1-3,8,10,15H,4-6H2. The summed E-state index contributed by atoms with van der Waals surface area (Å²) in [5.74, 6) is -0.216. The molecule has 0 saturated carbocycles. The molecule has 1 aromatic carbocycles. The monoisotopic (exact) mass is 334 g/mol. The number of carbonyl (C=O) groups excluding carboxylic acids is 1. The molecule has 2 heterocycles. The van der Waals surface area contributed by atoms with Crippen LogP contribution in [0.4, 0.5) is 5.69 Å². The van der Waals surface area contributed by atoms with Crippen LogP contribution in [-0.4, -0.2) is 44.5 Å². The highest BCUT2D eigenvalue weighted by atomic mass is 35.5. The van der Waals surface area contributed by atoms with Crippen LogP contribution in [0.5, 0.6) is 0 Å². The summed E-state index contributed by atoms with van der Waals surface area (Å²) in [6.07, 6.45) is 0. The fraction of sp³-hybridized carbons (Fsp3) is 0.417. The van der Waals surface area contributed by atoms with Gasteiger partial charge in [-0.15, -0.1) is 0 Å². The second kappa shape index (κ2) is 4.87. The fourth-order valence-electron chi connectivity index (χ4n) is 2.76. The molecule has 0 aromatic heterocycles. The van der Waals surface area contributed by atoms with Crippen LogP contribution in [0, 0.1) is 0 Å². The van der Waals surface area contributed by atoms with E-state index in [9.17, 15) is 13.2 Å². The Balaban J connectivity index is 2.06. The van der Waals surface area contributed by atoms with E-state index in [2.05, 4.69) is 5.32 Å². The summed E-state index contributed by atoms with van der Waals surface area (Å²) >= 11 is 12.1. The van der Waals surface area contributed by atoms with Crippen molar-refractivity contribution in [1.82, 2.24) is 5.32 Å². The molecule has 108 valence electrons. The Morgan fingerprint density at radius 1 is 1.25 bits per heavy atom. The van der Waals surface area contributed by atoms with Crippen LogP contribution >= 0.6 is 23.2 Å². The van der Waals surface area contributed by atoms with Gasteiger partial charge in [0.25, 0.3) is 0 Å². The molecule has 8 heteroatoms. The molecule has 1 N–H and O–H groups in total. The minimum Gasteiger partial charge on any atom is -0.304 e. The van der Waals surface area contributed by atoms with Crippen molar-refractivity contribution in [2.45, 2.75) is 12.1 Å². The summed E-state index contributed by atoms with van der Waals surface area (Å²) in [6, 6.07) is 4.31. The first-order valence-corrected chi connectivity index (χ1v) is 8.67. The van der Waals surface area contributed by atoms with Crippen molar-refractivity contribution in [2.24, 2.45) is 0 Å². The lowest BCUT2D eigenvalue weighted by molar-refractivity contribution is -0.119. The van der Waals surface area contributed by atoms with E-state index >= 15 is 0 Å². The Morgan fingerprint density at radius 2 is 2.00 bits per heavy atom. The summed E-state index contributed by atoms with van der Waals surface area (Å²) in [7, 11) is -3.15. The molecule has 2 saturated heterocycles. The summed E-state index contributed by atoms with van der Waals surface area (Å²) in [5.41, 5.74) is 0.470. The second-order valence-electron chi connectivity index (χ2n) is 4.97. The van der Waals surface area contributed by atoms with Crippen molar-refractivity contribution < 1.29 is 13.2 Å². The predicted molar refractivity (Wildman–Crippen MR) is 78.2 cm³/mol. The van der Waals surface area contributed by atoms with Crippen LogP contribution in [-0.2, 0) is 14.6 Å². The minimum absolute atomic E-state index is 0.0413. The van der Waals surface area contributed by atoms with Gasteiger partial charge >= 0.3 is 0 Å².